The average molecular weight is 846 g/mol. The molecule has 0 atom stereocenters. The van der Waals surface area contributed by atoms with Crippen LogP contribution >= 0.6 is 0 Å². The number of aromatic nitrogens is 5. The summed E-state index contributed by atoms with van der Waals surface area (Å²) in [5, 5.41) is 4.56. The zero-order chi connectivity index (χ0) is 43.6. The Morgan fingerprint density at radius 1 is 0.394 bits per heavy atom. The van der Waals surface area contributed by atoms with Crippen molar-refractivity contribution in [1.29, 1.82) is 0 Å². The number of hydrogen-bond acceptors (Lipinski definition) is 2. The number of rotatable bonds is 8. The molecule has 0 spiro atoms. The third-order valence-corrected chi connectivity index (χ3v) is 12.7. The summed E-state index contributed by atoms with van der Waals surface area (Å²) < 4.78 is 15.8. The van der Waals surface area contributed by atoms with Crippen molar-refractivity contribution in [2.24, 2.45) is 0 Å². The Morgan fingerprint density at radius 3 is 1.67 bits per heavy atom. The number of benzene rings is 9. The van der Waals surface area contributed by atoms with Crippen LogP contribution in [0.1, 0.15) is 0 Å². The molecule has 0 bridgehead atoms. The highest BCUT2D eigenvalue weighted by Gasteiger charge is 2.21. The lowest BCUT2D eigenvalue weighted by atomic mass is 9.95. The predicted molar refractivity (Wildman–Crippen MR) is 268 cm³/mol. The number of fused-ring (bicyclic) bond motifs is 7. The van der Waals surface area contributed by atoms with E-state index in [1.807, 2.05) is 18.3 Å². The Hall–Kier alpha value is -9.00. The highest BCUT2D eigenvalue weighted by Crippen LogP contribution is 2.39. The normalized spacial score (nSPS) is 11.6. The molecule has 310 valence electrons. The lowest BCUT2D eigenvalue weighted by Gasteiger charge is -2.17. The first-order chi connectivity index (χ1) is 32.7. The number of hydrogen-bond donors (Lipinski definition) is 0. The van der Waals surface area contributed by atoms with E-state index in [1.165, 1.54) is 5.39 Å². The maximum absolute atomic E-state index is 6.81. The van der Waals surface area contributed by atoms with Crippen LogP contribution in [-0.2, 0) is 0 Å². The average Bonchev–Trinajstić information content (AvgIpc) is 4.04. The Balaban J connectivity index is 0.927. The van der Waals surface area contributed by atoms with Crippen molar-refractivity contribution in [2.75, 3.05) is 0 Å². The molecule has 0 aliphatic rings. The van der Waals surface area contributed by atoms with E-state index in [-0.39, 0.29) is 0 Å². The van der Waals surface area contributed by atoms with Crippen molar-refractivity contribution in [2.45, 2.75) is 0 Å². The minimum Gasteiger partial charge on any atom is -0.458 e. The van der Waals surface area contributed by atoms with Crippen LogP contribution in [0.3, 0.4) is 0 Å². The Kier molecular flexibility index (Phi) is 8.74. The van der Waals surface area contributed by atoms with Gasteiger partial charge in [0.15, 0.2) is 0 Å². The molecule has 13 rings (SSSR count). The minimum atomic E-state index is 0.717. The molecule has 0 radical (unpaired) electrons. The van der Waals surface area contributed by atoms with Crippen LogP contribution < -0.4 is 9.30 Å². The van der Waals surface area contributed by atoms with E-state index in [4.69, 9.17) is 9.72 Å². The van der Waals surface area contributed by atoms with Gasteiger partial charge in [-0.3, -0.25) is 13.7 Å². The van der Waals surface area contributed by atoms with Gasteiger partial charge < -0.3 is 9.30 Å². The molecule has 0 amide bonds. The molecule has 6 nitrogen and oxygen atoms in total. The molecule has 13 aromatic rings. The van der Waals surface area contributed by atoms with Crippen LogP contribution in [0.15, 0.2) is 237 Å². The number of ether oxygens (including phenoxy) is 1. The van der Waals surface area contributed by atoms with Gasteiger partial charge in [0, 0.05) is 45.6 Å². The standard InChI is InChI=1S/C60H39N5O/c1-4-18-41(19-5-1)47-28-17-29-48(42-20-6-2-7-21-42)60(47)63-40-62(55-32-14-15-33-56(55)63)44-24-16-25-45(36-44)66-46-34-35-51-49-26-10-13-31-54(49)65(57(51)37-46)59-38-58-52(39-61-59)50-27-11-12-30-53(50)64(58)43-22-8-3-9-23-43/h1-39H. The number of imidazole rings is 1. The molecule has 0 fully saturated rings. The van der Waals surface area contributed by atoms with Crippen molar-refractivity contribution < 1.29 is 9.30 Å². The molecule has 0 N–H and O–H groups in total. The second-order valence-electron chi connectivity index (χ2n) is 16.6. The van der Waals surface area contributed by atoms with Gasteiger partial charge in [0.05, 0.1) is 44.5 Å². The molecule has 0 unspecified atom stereocenters. The molecule has 9 aromatic carbocycles. The fourth-order valence-corrected chi connectivity index (χ4v) is 9.82. The lowest BCUT2D eigenvalue weighted by Crippen LogP contribution is -2.31. The van der Waals surface area contributed by atoms with Gasteiger partial charge in [-0.15, -0.1) is 0 Å². The Bertz CT molecular complexity index is 3900. The molecular weight excluding hydrogens is 807 g/mol. The number of para-hydroxylation sites is 6. The summed E-state index contributed by atoms with van der Waals surface area (Å²) in [6.07, 6.45) is 5.82. The highest BCUT2D eigenvalue weighted by molar-refractivity contribution is 6.11. The first-order valence-electron chi connectivity index (χ1n) is 22.2. The maximum atomic E-state index is 6.81. The second-order valence-corrected chi connectivity index (χ2v) is 16.6. The van der Waals surface area contributed by atoms with Gasteiger partial charge in [-0.2, -0.15) is 0 Å². The van der Waals surface area contributed by atoms with Crippen LogP contribution in [0, 0.1) is 6.33 Å². The Labute approximate surface area is 380 Å². The predicted octanol–water partition coefficient (Wildman–Crippen LogP) is 14.4. The van der Waals surface area contributed by atoms with E-state index in [1.54, 1.807) is 0 Å². The molecular formula is C60H39N5O. The molecule has 0 saturated heterocycles. The van der Waals surface area contributed by atoms with Crippen LogP contribution in [0.5, 0.6) is 11.5 Å². The fourth-order valence-electron chi connectivity index (χ4n) is 9.82. The van der Waals surface area contributed by atoms with Gasteiger partial charge >= 0.3 is 0 Å². The first kappa shape index (κ1) is 37.5. The van der Waals surface area contributed by atoms with Crippen LogP contribution in [0.4, 0.5) is 0 Å². The smallest absolute Gasteiger partial charge is 0.269 e. The summed E-state index contributed by atoms with van der Waals surface area (Å²) in [7, 11) is 0. The van der Waals surface area contributed by atoms with Gasteiger partial charge in [-0.05, 0) is 76.9 Å². The molecule has 4 heterocycles. The van der Waals surface area contributed by atoms with E-state index in [0.717, 1.165) is 100 Å². The van der Waals surface area contributed by atoms with Gasteiger partial charge in [0.2, 0.25) is 0 Å². The minimum absolute atomic E-state index is 0.717. The Morgan fingerprint density at radius 2 is 0.939 bits per heavy atom. The molecule has 6 heteroatoms. The van der Waals surface area contributed by atoms with Crippen LogP contribution in [-0.4, -0.2) is 18.7 Å². The quantitative estimate of drug-likeness (QED) is 0.113. The van der Waals surface area contributed by atoms with Crippen LogP contribution in [0.25, 0.3) is 99.8 Å². The monoisotopic (exact) mass is 845 g/mol. The van der Waals surface area contributed by atoms with E-state index in [0.29, 0.717) is 5.75 Å². The topological polar surface area (TPSA) is 40.8 Å². The summed E-state index contributed by atoms with van der Waals surface area (Å²) in [6, 6.07) is 80.7. The van der Waals surface area contributed by atoms with Crippen molar-refractivity contribution in [1.82, 2.24) is 18.7 Å². The van der Waals surface area contributed by atoms with E-state index in [9.17, 15) is 0 Å². The van der Waals surface area contributed by atoms with Crippen LogP contribution in [0.2, 0.25) is 0 Å². The number of nitrogens with zero attached hydrogens (tertiary/aromatic N) is 5. The fraction of sp³-hybridized carbons (Fsp3) is 0. The van der Waals surface area contributed by atoms with E-state index in [2.05, 4.69) is 243 Å². The summed E-state index contributed by atoms with van der Waals surface area (Å²) in [4.78, 5) is 5.16. The van der Waals surface area contributed by atoms with Gasteiger partial charge in [-0.1, -0.05) is 164 Å². The first-order valence-corrected chi connectivity index (χ1v) is 22.2. The van der Waals surface area contributed by atoms with Crippen molar-refractivity contribution >= 4 is 54.6 Å². The van der Waals surface area contributed by atoms with Gasteiger partial charge in [-0.25, -0.2) is 4.98 Å². The largest absolute Gasteiger partial charge is 0.458 e. The van der Waals surface area contributed by atoms with Gasteiger partial charge in [0.1, 0.15) is 17.3 Å². The summed E-state index contributed by atoms with van der Waals surface area (Å²) >= 11 is 0. The van der Waals surface area contributed by atoms with Gasteiger partial charge in [0.25, 0.3) is 6.33 Å². The molecule has 0 aliphatic carbocycles. The molecule has 0 saturated carbocycles. The van der Waals surface area contributed by atoms with E-state index < -0.39 is 0 Å². The SMILES string of the molecule is [c-]1n(-c2cccc(Oc3ccc4c5ccccc5n(-c5cc6c(cn5)c5ccccc5n6-c5ccccc5)c4c3)c2)c2ccccc2[n+]1-c1c(-c2ccccc2)cccc1-c1ccccc1. The van der Waals surface area contributed by atoms with E-state index >= 15 is 0 Å². The highest BCUT2D eigenvalue weighted by atomic mass is 16.5. The summed E-state index contributed by atoms with van der Waals surface area (Å²) in [6.45, 7) is 0. The second kappa shape index (κ2) is 15.4. The number of pyridine rings is 1. The molecule has 66 heavy (non-hydrogen) atoms. The van der Waals surface area contributed by atoms with Crippen molar-refractivity contribution in [3.8, 4) is 56.6 Å². The third-order valence-electron chi connectivity index (χ3n) is 12.7. The zero-order valence-electron chi connectivity index (χ0n) is 35.7. The lowest BCUT2D eigenvalue weighted by molar-refractivity contribution is -0.571. The molecule has 4 aromatic heterocycles. The summed E-state index contributed by atoms with van der Waals surface area (Å²) in [5.74, 6) is 2.28. The maximum Gasteiger partial charge on any atom is 0.269 e. The third kappa shape index (κ3) is 6.11. The van der Waals surface area contributed by atoms with Crippen molar-refractivity contribution in [3.05, 3.63) is 243 Å². The molecule has 0 aliphatic heterocycles. The zero-order valence-corrected chi connectivity index (χ0v) is 35.7. The van der Waals surface area contributed by atoms with Crippen molar-refractivity contribution in [3.63, 3.8) is 0 Å². The summed E-state index contributed by atoms with van der Waals surface area (Å²) in [5.41, 5.74) is 14.0.